The first-order valence-electron chi connectivity index (χ1n) is 22.2. The number of carboxylic acids is 1. The highest BCUT2D eigenvalue weighted by Gasteiger charge is 2.61. The zero-order valence-corrected chi connectivity index (χ0v) is 38.1. The summed E-state index contributed by atoms with van der Waals surface area (Å²) < 4.78 is 51.2. The first-order valence-corrected chi connectivity index (χ1v) is 22.2. The summed E-state index contributed by atoms with van der Waals surface area (Å²) in [6.07, 6.45) is -45.6. The van der Waals surface area contributed by atoms with Crippen LogP contribution in [0, 0.1) is 0 Å². The molecule has 0 aromatic carbocycles. The van der Waals surface area contributed by atoms with Crippen LogP contribution in [0.3, 0.4) is 0 Å². The number of rotatable bonds is 19. The minimum atomic E-state index is -3.20. The van der Waals surface area contributed by atoms with Crippen molar-refractivity contribution in [2.24, 2.45) is 0 Å². The SMILES string of the molecule is CC(=O)N[C@@H]1[C@@H](O[C@@H]2O[C@H](CO)[C@H](O)[C@H](O[C@@H]3O[C@H](CO)[C@@H](O)[C@H](O[C@@H]4O[C@H](CO)[C@H](O)[C@H](O[C@]5(C(=O)O)C[C@H](O)[C@@H](NC(C)=O)[C@H]([C@H](O)[C@H](O)CO)O5)[C@H]4O)[C@H]3NC(C)=O)[C@H]2O)[C@@H](O)[C@@H](CO)O[C@@H]1O. The molecule has 5 aliphatic heterocycles. The van der Waals surface area contributed by atoms with Crippen LogP contribution >= 0.6 is 0 Å². The second-order valence-electron chi connectivity index (χ2n) is 17.6. The van der Waals surface area contributed by atoms with Crippen LogP contribution in [0.25, 0.3) is 0 Å². The smallest absolute Gasteiger partial charge is 0.364 e. The molecule has 0 aromatic heterocycles. The van der Waals surface area contributed by atoms with Crippen LogP contribution in [0.15, 0.2) is 0 Å². The first-order chi connectivity index (χ1) is 33.4. The average Bonchev–Trinajstić information content (AvgIpc) is 3.31. The maximum atomic E-state index is 13.0. The van der Waals surface area contributed by atoms with E-state index in [9.17, 15) is 101 Å². The number of aliphatic hydroxyl groups is 15. The Morgan fingerprint density at radius 3 is 1.41 bits per heavy atom. The highest BCUT2D eigenvalue weighted by atomic mass is 16.8. The van der Waals surface area contributed by atoms with Crippen molar-refractivity contribution in [3.8, 4) is 0 Å². The Hall–Kier alpha value is -3.08. The largest absolute Gasteiger partial charge is 0.477 e. The van der Waals surface area contributed by atoms with Gasteiger partial charge in [-0.05, 0) is 0 Å². The maximum absolute atomic E-state index is 13.0. The van der Waals surface area contributed by atoms with Gasteiger partial charge in [0.15, 0.2) is 25.2 Å². The van der Waals surface area contributed by atoms with Gasteiger partial charge in [0.05, 0.1) is 45.2 Å². The van der Waals surface area contributed by atoms with Crippen LogP contribution in [0.1, 0.15) is 27.2 Å². The minimum absolute atomic E-state index is 0.755. The third-order valence-corrected chi connectivity index (χ3v) is 12.5. The predicted molar refractivity (Wildman–Crippen MR) is 219 cm³/mol. The van der Waals surface area contributed by atoms with Gasteiger partial charge in [0, 0.05) is 27.2 Å². The molecule has 0 aliphatic carbocycles. The molecule has 26 atom stereocenters. The number of carboxylic acid groups (broad SMARTS) is 1. The van der Waals surface area contributed by atoms with E-state index < -0.39 is 222 Å². The fourth-order valence-electron chi connectivity index (χ4n) is 8.93. The normalized spacial score (nSPS) is 45.0. The molecule has 5 aliphatic rings. The van der Waals surface area contributed by atoms with E-state index in [-0.39, 0.29) is 0 Å². The molecule has 0 aromatic rings. The molecule has 32 nitrogen and oxygen atoms in total. The van der Waals surface area contributed by atoms with Crippen molar-refractivity contribution in [1.29, 1.82) is 0 Å². The van der Waals surface area contributed by atoms with Gasteiger partial charge in [-0.2, -0.15) is 0 Å². The van der Waals surface area contributed by atoms with Crippen LogP contribution in [0.4, 0.5) is 0 Å². The molecule has 0 saturated carbocycles. The van der Waals surface area contributed by atoms with Gasteiger partial charge in [0.1, 0.15) is 116 Å². The molecule has 5 rings (SSSR count). The summed E-state index contributed by atoms with van der Waals surface area (Å²) in [4.78, 5) is 49.8. The van der Waals surface area contributed by atoms with Crippen LogP contribution in [-0.2, 0) is 61.8 Å². The lowest BCUT2D eigenvalue weighted by Gasteiger charge is -2.51. The number of carbonyl (C=O) groups is 4. The number of carbonyl (C=O) groups excluding carboxylic acids is 3. The van der Waals surface area contributed by atoms with Crippen molar-refractivity contribution in [2.75, 3.05) is 33.0 Å². The standard InChI is InChI=1S/C39H65N3O29/c1-10(48)40-19-13(51)4-39(38(61)62,70-31(19)22(53)14(52)5-43)71-33-26(57)18(9-47)66-37(28(33)59)68-30-21(42-12(3)50)35(64-16(7-45)24(30)55)69-32-25(56)17(8-46)65-36(27(32)58)67-29-20(41-11(2)49)34(60)63-15(6-44)23(29)54/h13-37,43-47,51-60H,4-9H2,1-3H3,(H,40,48)(H,41,49)(H,42,50)(H,61,62)/t13-,14+,15+,16+,17+,18+,19+,20+,21+,22+,23-,24+,25-,26-,27+,28+,29+,30+,31+,32-,33-,34-,35-,36-,37-,39-/m0/s1. The molecule has 5 saturated heterocycles. The van der Waals surface area contributed by atoms with E-state index >= 15 is 0 Å². The van der Waals surface area contributed by atoms with Crippen LogP contribution in [-0.4, -0.2) is 297 Å². The topological polar surface area (TPSA) is 511 Å². The fourth-order valence-corrected chi connectivity index (χ4v) is 8.93. The highest BCUT2D eigenvalue weighted by molar-refractivity contribution is 5.77. The van der Waals surface area contributed by atoms with Gasteiger partial charge in [-0.3, -0.25) is 14.4 Å². The van der Waals surface area contributed by atoms with E-state index in [1.807, 2.05) is 0 Å². The molecule has 71 heavy (non-hydrogen) atoms. The monoisotopic (exact) mass is 1040 g/mol. The van der Waals surface area contributed by atoms with Crippen LogP contribution in [0.2, 0.25) is 0 Å². The molecule has 0 radical (unpaired) electrons. The van der Waals surface area contributed by atoms with Crippen molar-refractivity contribution < 1.29 is 144 Å². The molecule has 0 unspecified atom stereocenters. The van der Waals surface area contributed by atoms with Crippen molar-refractivity contribution >= 4 is 23.7 Å². The highest BCUT2D eigenvalue weighted by Crippen LogP contribution is 2.39. The van der Waals surface area contributed by atoms with Crippen molar-refractivity contribution in [1.82, 2.24) is 16.0 Å². The number of aliphatic hydroxyl groups excluding tert-OH is 15. The van der Waals surface area contributed by atoms with E-state index in [0.29, 0.717) is 0 Å². The fraction of sp³-hybridized carbons (Fsp3) is 0.897. The quantitative estimate of drug-likeness (QED) is 0.0571. The Bertz CT molecular complexity index is 1780. The predicted octanol–water partition coefficient (Wildman–Crippen LogP) is -12.3. The molecule has 3 amide bonds. The third-order valence-electron chi connectivity index (χ3n) is 12.5. The number of nitrogens with one attached hydrogen (secondary N) is 3. The summed E-state index contributed by atoms with van der Waals surface area (Å²) in [5.41, 5.74) is 0. The number of ether oxygens (including phenoxy) is 9. The van der Waals surface area contributed by atoms with Crippen LogP contribution < -0.4 is 16.0 Å². The number of hydrogen-bond acceptors (Lipinski definition) is 28. The average molecular weight is 1040 g/mol. The first kappa shape index (κ1) is 58.8. The van der Waals surface area contributed by atoms with Gasteiger partial charge in [-0.1, -0.05) is 0 Å². The Labute approximate surface area is 402 Å². The van der Waals surface area contributed by atoms with Gasteiger partial charge in [-0.15, -0.1) is 0 Å². The molecule has 32 heteroatoms. The van der Waals surface area contributed by atoms with Crippen molar-refractivity contribution in [2.45, 2.75) is 186 Å². The molecule has 19 N–H and O–H groups in total. The number of amides is 3. The summed E-state index contributed by atoms with van der Waals surface area (Å²) in [6, 6.07) is -5.11. The second kappa shape index (κ2) is 25.0. The van der Waals surface area contributed by atoms with Crippen molar-refractivity contribution in [3.05, 3.63) is 0 Å². The molecular formula is C39H65N3O29. The Balaban J connectivity index is 1.46. The molecule has 5 heterocycles. The lowest BCUT2D eigenvalue weighted by Crippen LogP contribution is -2.71. The van der Waals surface area contributed by atoms with Gasteiger partial charge >= 0.3 is 5.97 Å². The van der Waals surface area contributed by atoms with E-state index in [2.05, 4.69) is 16.0 Å². The minimum Gasteiger partial charge on any atom is -0.477 e. The van der Waals surface area contributed by atoms with Gasteiger partial charge in [0.25, 0.3) is 5.79 Å². The molecule has 0 spiro atoms. The van der Waals surface area contributed by atoms with E-state index in [1.54, 1.807) is 0 Å². The molecule has 5 fully saturated rings. The zero-order chi connectivity index (χ0) is 53.0. The Morgan fingerprint density at radius 2 is 0.944 bits per heavy atom. The number of hydrogen-bond donors (Lipinski definition) is 19. The van der Waals surface area contributed by atoms with Gasteiger partial charge in [0.2, 0.25) is 17.7 Å². The Morgan fingerprint density at radius 1 is 0.549 bits per heavy atom. The summed E-state index contributed by atoms with van der Waals surface area (Å²) in [7, 11) is 0. The van der Waals surface area contributed by atoms with Gasteiger partial charge in [-0.25, -0.2) is 4.79 Å². The van der Waals surface area contributed by atoms with Crippen molar-refractivity contribution in [3.63, 3.8) is 0 Å². The van der Waals surface area contributed by atoms with E-state index in [0.717, 1.165) is 20.8 Å². The summed E-state index contributed by atoms with van der Waals surface area (Å²) in [5.74, 6) is -7.77. The summed E-state index contributed by atoms with van der Waals surface area (Å²) in [5, 5.41) is 179. The van der Waals surface area contributed by atoms with Crippen LogP contribution in [0.5, 0.6) is 0 Å². The van der Waals surface area contributed by atoms with Gasteiger partial charge < -0.3 is 140 Å². The summed E-state index contributed by atoms with van der Waals surface area (Å²) in [6.45, 7) is -2.24. The van der Waals surface area contributed by atoms with E-state index in [4.69, 9.17) is 42.6 Å². The third kappa shape index (κ3) is 12.9. The molecule has 410 valence electrons. The lowest BCUT2D eigenvalue weighted by molar-refractivity contribution is -0.387. The number of aliphatic carboxylic acids is 1. The molecular weight excluding hydrogens is 974 g/mol. The Kier molecular flexibility index (Phi) is 20.7. The molecule has 0 bridgehead atoms. The second-order valence-corrected chi connectivity index (χ2v) is 17.6. The lowest BCUT2D eigenvalue weighted by atomic mass is 9.88. The summed E-state index contributed by atoms with van der Waals surface area (Å²) >= 11 is 0. The maximum Gasteiger partial charge on any atom is 0.364 e. The zero-order valence-electron chi connectivity index (χ0n) is 38.1. The van der Waals surface area contributed by atoms with E-state index in [1.165, 1.54) is 0 Å².